The molecule has 0 saturated carbocycles. The van der Waals surface area contributed by atoms with Gasteiger partial charge in [-0.2, -0.15) is 4.98 Å². The molecule has 0 radical (unpaired) electrons. The van der Waals surface area contributed by atoms with Gasteiger partial charge in [-0.3, -0.25) is 19.2 Å². The summed E-state index contributed by atoms with van der Waals surface area (Å²) in [5, 5.41) is 0.112. The largest absolute Gasteiger partial charge is 0.454 e. The minimum absolute atomic E-state index is 0.0542. The summed E-state index contributed by atoms with van der Waals surface area (Å²) in [7, 11) is 0. The van der Waals surface area contributed by atoms with Gasteiger partial charge in [0.05, 0.1) is 16.5 Å². The van der Waals surface area contributed by atoms with Gasteiger partial charge in [-0.1, -0.05) is 26.5 Å². The molecule has 1 saturated heterocycles. The summed E-state index contributed by atoms with van der Waals surface area (Å²) in [5.74, 6) is -1.73. The van der Waals surface area contributed by atoms with E-state index in [1.165, 1.54) is 36.7 Å². The molecule has 40 heavy (non-hydrogen) atoms. The number of fused-ring (bicyclic) bond motifs is 5. The fourth-order valence-electron chi connectivity index (χ4n) is 5.48. The van der Waals surface area contributed by atoms with Gasteiger partial charge in [-0.05, 0) is 31.1 Å². The fraction of sp³-hybridized carbons (Fsp3) is 0.276. The van der Waals surface area contributed by atoms with E-state index in [0.29, 0.717) is 25.3 Å². The molecule has 2 bridgehead atoms. The predicted octanol–water partition coefficient (Wildman–Crippen LogP) is 4.72. The summed E-state index contributed by atoms with van der Waals surface area (Å²) in [6.07, 6.45) is 4.20. The van der Waals surface area contributed by atoms with Crippen LogP contribution in [0.1, 0.15) is 32.4 Å². The lowest BCUT2D eigenvalue weighted by atomic mass is 10.1. The molecular weight excluding hydrogens is 518 g/mol. The Bertz CT molecular complexity index is 1950. The normalized spacial score (nSPS) is 16.0. The van der Waals surface area contributed by atoms with Crippen molar-refractivity contribution in [3.05, 3.63) is 77.1 Å². The summed E-state index contributed by atoms with van der Waals surface area (Å²) in [6, 6.07) is 5.50. The molecule has 1 aliphatic heterocycles. The van der Waals surface area contributed by atoms with Crippen LogP contribution in [-0.4, -0.2) is 55.8 Å². The van der Waals surface area contributed by atoms with E-state index < -0.39 is 17.3 Å². The van der Waals surface area contributed by atoms with Crippen LogP contribution in [0, 0.1) is 11.6 Å². The van der Waals surface area contributed by atoms with E-state index in [4.69, 9.17) is 4.42 Å². The van der Waals surface area contributed by atoms with Gasteiger partial charge < -0.3 is 14.2 Å². The van der Waals surface area contributed by atoms with Gasteiger partial charge in [0.25, 0.3) is 0 Å². The van der Waals surface area contributed by atoms with Crippen molar-refractivity contribution in [2.45, 2.75) is 32.7 Å². The van der Waals surface area contributed by atoms with Crippen molar-refractivity contribution in [2.24, 2.45) is 0 Å². The van der Waals surface area contributed by atoms with Crippen LogP contribution in [-0.2, 0) is 4.79 Å². The number of hydrogen-bond donors (Lipinski definition) is 0. The lowest BCUT2D eigenvalue weighted by molar-refractivity contribution is -0.126. The van der Waals surface area contributed by atoms with Crippen LogP contribution >= 0.6 is 0 Å². The topological polar surface area (TPSA) is 96.8 Å². The number of hydrogen-bond acceptors (Lipinski definition) is 7. The third-order valence-corrected chi connectivity index (χ3v) is 7.35. The third kappa shape index (κ3) is 3.83. The highest BCUT2D eigenvalue weighted by Gasteiger charge is 2.30. The maximum absolute atomic E-state index is 16.7. The molecule has 6 rings (SSSR count). The molecule has 1 fully saturated rings. The van der Waals surface area contributed by atoms with Crippen molar-refractivity contribution < 1.29 is 18.0 Å². The molecule has 1 atom stereocenters. The van der Waals surface area contributed by atoms with Gasteiger partial charge in [0, 0.05) is 44.1 Å². The van der Waals surface area contributed by atoms with Gasteiger partial charge in [0.1, 0.15) is 33.8 Å². The molecule has 204 valence electrons. The Labute approximate surface area is 227 Å². The van der Waals surface area contributed by atoms with Gasteiger partial charge >= 0.3 is 5.69 Å². The number of anilines is 1. The first-order valence-corrected chi connectivity index (χ1v) is 13.0. The number of piperazine rings is 1. The van der Waals surface area contributed by atoms with Crippen LogP contribution in [0.15, 0.2) is 58.5 Å². The zero-order valence-electron chi connectivity index (χ0n) is 22.2. The summed E-state index contributed by atoms with van der Waals surface area (Å²) >= 11 is 0. The smallest absolute Gasteiger partial charge is 0.354 e. The van der Waals surface area contributed by atoms with Crippen LogP contribution in [0.25, 0.3) is 38.5 Å². The maximum atomic E-state index is 16.7. The third-order valence-electron chi connectivity index (χ3n) is 7.35. The molecule has 5 aromatic rings. The molecular formula is C29H26F2N6O3. The monoisotopic (exact) mass is 544 g/mol. The highest BCUT2D eigenvalue weighted by atomic mass is 19.1. The number of rotatable bonds is 3. The standard InChI is InChI=1S/C29H26F2N6O3/c1-5-21(38)35-11-12-36(16(4)14-35)28-17-13-33-25-22-18(30)7-6-8-19(22)40-20-9-10-32-24(15(2)3)27(20)37(29(39)34-28)26(17)23(25)31/h5-10,13,15-16H,1,11-12,14H2,2-4H3. The minimum atomic E-state index is -0.882. The lowest BCUT2D eigenvalue weighted by Gasteiger charge is -2.40. The summed E-state index contributed by atoms with van der Waals surface area (Å²) in [4.78, 5) is 42.9. The zero-order chi connectivity index (χ0) is 28.3. The van der Waals surface area contributed by atoms with E-state index in [9.17, 15) is 9.59 Å². The van der Waals surface area contributed by atoms with E-state index in [1.807, 2.05) is 25.7 Å². The Balaban J connectivity index is 1.79. The second-order valence-corrected chi connectivity index (χ2v) is 10.2. The van der Waals surface area contributed by atoms with Crippen LogP contribution in [0.3, 0.4) is 0 Å². The SMILES string of the molecule is C=CC(=O)N1CCN(c2nc(=O)n3c4c(C(C)C)nccc4oc4cccc(F)c4c4ncc2c3c4F)C(C)C1. The number of nitrogens with zero attached hydrogens (tertiary/aromatic N) is 6. The van der Waals surface area contributed by atoms with Crippen molar-refractivity contribution in [2.75, 3.05) is 24.5 Å². The van der Waals surface area contributed by atoms with Crippen molar-refractivity contribution in [1.82, 2.24) is 24.3 Å². The molecule has 0 spiro atoms. The van der Waals surface area contributed by atoms with Crippen molar-refractivity contribution in [3.63, 3.8) is 0 Å². The molecule has 1 aliphatic rings. The lowest BCUT2D eigenvalue weighted by Crippen LogP contribution is -2.54. The van der Waals surface area contributed by atoms with Crippen LogP contribution in [0.4, 0.5) is 14.6 Å². The number of carbonyl (C=O) groups is 1. The van der Waals surface area contributed by atoms with Gasteiger partial charge in [0.2, 0.25) is 5.91 Å². The summed E-state index contributed by atoms with van der Waals surface area (Å²) in [5.41, 5.74) is -0.164. The Hall–Kier alpha value is -4.67. The van der Waals surface area contributed by atoms with E-state index in [1.54, 1.807) is 11.0 Å². The Morgan fingerprint density at radius 2 is 1.95 bits per heavy atom. The minimum Gasteiger partial charge on any atom is -0.454 e. The molecule has 1 aromatic carbocycles. The number of benzene rings is 1. The van der Waals surface area contributed by atoms with E-state index in [-0.39, 0.29) is 62.2 Å². The quantitative estimate of drug-likeness (QED) is 0.303. The predicted molar refractivity (Wildman–Crippen MR) is 148 cm³/mol. The Morgan fingerprint density at radius 1 is 1.15 bits per heavy atom. The van der Waals surface area contributed by atoms with E-state index in [0.717, 1.165) is 4.40 Å². The average molecular weight is 545 g/mol. The highest BCUT2D eigenvalue weighted by Crippen LogP contribution is 2.34. The van der Waals surface area contributed by atoms with Gasteiger partial charge in [0.15, 0.2) is 11.4 Å². The Kier molecular flexibility index (Phi) is 6.09. The molecule has 0 aliphatic carbocycles. The summed E-state index contributed by atoms with van der Waals surface area (Å²) in [6.45, 7) is 10.3. The zero-order valence-corrected chi connectivity index (χ0v) is 22.2. The fourth-order valence-corrected chi connectivity index (χ4v) is 5.48. The number of carbonyl (C=O) groups excluding carboxylic acids is 1. The number of pyridine rings is 2. The molecule has 4 aromatic heterocycles. The molecule has 0 N–H and O–H groups in total. The van der Waals surface area contributed by atoms with Crippen LogP contribution < -0.4 is 10.6 Å². The van der Waals surface area contributed by atoms with E-state index in [2.05, 4.69) is 21.5 Å². The van der Waals surface area contributed by atoms with Gasteiger partial charge in [-0.25, -0.2) is 13.6 Å². The molecule has 1 unspecified atom stereocenters. The van der Waals surface area contributed by atoms with E-state index >= 15 is 8.78 Å². The van der Waals surface area contributed by atoms with Crippen molar-refractivity contribution in [3.8, 4) is 0 Å². The van der Waals surface area contributed by atoms with Crippen LogP contribution in [0.2, 0.25) is 0 Å². The average Bonchev–Trinajstić information content (AvgIpc) is 2.96. The second-order valence-electron chi connectivity index (χ2n) is 10.2. The molecule has 5 heterocycles. The second kappa shape index (κ2) is 9.51. The first-order valence-electron chi connectivity index (χ1n) is 13.0. The first-order chi connectivity index (χ1) is 19.2. The number of halogens is 2. The molecule has 9 nitrogen and oxygen atoms in total. The number of aromatic nitrogens is 4. The van der Waals surface area contributed by atoms with Gasteiger partial charge in [-0.15, -0.1) is 0 Å². The summed E-state index contributed by atoms with van der Waals surface area (Å²) < 4.78 is 39.2. The molecule has 1 amide bonds. The first kappa shape index (κ1) is 25.6. The maximum Gasteiger partial charge on any atom is 0.354 e. The highest BCUT2D eigenvalue weighted by molar-refractivity contribution is 6.01. The van der Waals surface area contributed by atoms with Crippen molar-refractivity contribution >= 4 is 50.2 Å². The molecule has 11 heteroatoms. The van der Waals surface area contributed by atoms with Crippen molar-refractivity contribution in [1.29, 1.82) is 0 Å². The van der Waals surface area contributed by atoms with Crippen LogP contribution in [0.5, 0.6) is 0 Å². The Morgan fingerprint density at radius 3 is 2.67 bits per heavy atom. The number of amides is 1.